The maximum Gasteiger partial charge on any atom is 0.357 e. The van der Waals surface area contributed by atoms with Crippen molar-refractivity contribution in [2.24, 2.45) is 17.6 Å². The van der Waals surface area contributed by atoms with Gasteiger partial charge in [0.05, 0.1) is 49.6 Å². The Morgan fingerprint density at radius 3 is 2.22 bits per heavy atom. The van der Waals surface area contributed by atoms with Crippen LogP contribution in [-0.2, 0) is 34.4 Å². The van der Waals surface area contributed by atoms with Crippen molar-refractivity contribution in [3.05, 3.63) is 70.0 Å². The highest BCUT2D eigenvalue weighted by Gasteiger charge is 2.67. The highest BCUT2D eigenvalue weighted by atomic mass is 31.2. The van der Waals surface area contributed by atoms with Crippen LogP contribution in [0.5, 0.6) is 11.5 Å². The molecule has 0 aromatic heterocycles. The van der Waals surface area contributed by atoms with E-state index in [1.54, 1.807) is 38.1 Å². The molecule has 16 heteroatoms. The zero-order chi connectivity index (χ0) is 36.2. The highest BCUT2D eigenvalue weighted by molar-refractivity contribution is 7.54. The average Bonchev–Trinajstić information content (AvgIpc) is 3.04. The van der Waals surface area contributed by atoms with Gasteiger partial charge in [-0.15, -0.1) is 0 Å². The van der Waals surface area contributed by atoms with Crippen LogP contribution in [0.25, 0.3) is 5.76 Å². The molecule has 2 aromatic carbocycles. The number of aliphatic hydroxyl groups excluding tert-OH is 3. The number of hydrogen-bond donors (Lipinski definition) is 7. The van der Waals surface area contributed by atoms with Crippen molar-refractivity contribution in [3.8, 4) is 11.5 Å². The van der Waals surface area contributed by atoms with Crippen molar-refractivity contribution < 1.29 is 58.3 Å². The average molecular weight is 702 g/mol. The summed E-state index contributed by atoms with van der Waals surface area (Å²) in [7, 11) is 0.384. The quantitative estimate of drug-likeness (QED) is 0.101. The number of carbonyl (C=O) groups is 3. The Bertz CT molecular complexity index is 1800. The number of Topliss-reactive ketones (excluding diaryl/α,β-unsaturated/α-hetero) is 2. The molecule has 3 aliphatic rings. The van der Waals surface area contributed by atoms with Gasteiger partial charge >= 0.3 is 7.60 Å². The van der Waals surface area contributed by atoms with Crippen molar-refractivity contribution in [2.75, 3.05) is 39.7 Å². The zero-order valence-corrected chi connectivity index (χ0v) is 28.4. The second kappa shape index (κ2) is 13.2. The van der Waals surface area contributed by atoms with Gasteiger partial charge in [0.15, 0.2) is 17.2 Å². The Morgan fingerprint density at radius 1 is 1.08 bits per heavy atom. The van der Waals surface area contributed by atoms with Gasteiger partial charge in [-0.1, -0.05) is 18.2 Å². The number of aromatic hydroxyl groups is 1. The summed E-state index contributed by atoms with van der Waals surface area (Å²) < 4.78 is 30.6. The molecule has 3 aliphatic carbocycles. The molecule has 6 atom stereocenters. The Labute approximate surface area is 282 Å². The molecular weight excluding hydrogens is 661 g/mol. The first-order valence-electron chi connectivity index (χ1n) is 15.6. The molecule has 2 aromatic rings. The lowest BCUT2D eigenvalue weighted by molar-refractivity contribution is -0.168. The van der Waals surface area contributed by atoms with E-state index in [1.165, 1.54) is 38.2 Å². The van der Waals surface area contributed by atoms with Crippen molar-refractivity contribution >= 4 is 36.5 Å². The van der Waals surface area contributed by atoms with Crippen molar-refractivity contribution in [3.63, 3.8) is 0 Å². The largest absolute Gasteiger partial charge is 0.508 e. The minimum atomic E-state index is -3.97. The minimum Gasteiger partial charge on any atom is -0.508 e. The van der Waals surface area contributed by atoms with E-state index < -0.39 is 88.8 Å². The number of fused-ring (bicyclic) bond motifs is 3. The molecule has 1 saturated carbocycles. The van der Waals surface area contributed by atoms with E-state index in [0.29, 0.717) is 16.9 Å². The number of nitrogens with one attached hydrogen (secondary N) is 1. The van der Waals surface area contributed by atoms with Gasteiger partial charge in [0.2, 0.25) is 5.78 Å². The van der Waals surface area contributed by atoms with Crippen LogP contribution in [0.15, 0.2) is 53.3 Å². The monoisotopic (exact) mass is 701 g/mol. The number of ether oxygens (including phenoxy) is 1. The van der Waals surface area contributed by atoms with Gasteiger partial charge in [0.1, 0.15) is 28.6 Å². The number of likely N-dealkylation sites (N-methyl/N-ethyl adjacent to an activating group) is 1. The normalized spacial score (nSPS) is 25.9. The number of aliphatic hydroxyl groups is 4. The number of primary amides is 1. The molecule has 1 amide bonds. The molecule has 0 radical (unpaired) electrons. The summed E-state index contributed by atoms with van der Waals surface area (Å²) in [6, 6.07) is 8.08. The number of phenols is 1. The van der Waals surface area contributed by atoms with Crippen LogP contribution in [0.2, 0.25) is 0 Å². The summed E-state index contributed by atoms with van der Waals surface area (Å²) in [5, 5.41) is 60.9. The number of carbonyl (C=O) groups excluding carboxylic acids is 3. The predicted molar refractivity (Wildman–Crippen MR) is 176 cm³/mol. The van der Waals surface area contributed by atoms with Gasteiger partial charge in [0.25, 0.3) is 5.91 Å². The lowest BCUT2D eigenvalue weighted by Gasteiger charge is -2.52. The van der Waals surface area contributed by atoms with Crippen LogP contribution in [-0.4, -0.2) is 100 Å². The van der Waals surface area contributed by atoms with Crippen LogP contribution in [0, 0.1) is 11.8 Å². The number of anilines is 1. The molecule has 0 aliphatic heterocycles. The van der Waals surface area contributed by atoms with E-state index in [-0.39, 0.29) is 30.9 Å². The number of benzene rings is 2. The summed E-state index contributed by atoms with van der Waals surface area (Å²) in [6.45, 7) is 3.35. The second-order valence-corrected chi connectivity index (χ2v) is 14.3. The molecule has 49 heavy (non-hydrogen) atoms. The summed E-state index contributed by atoms with van der Waals surface area (Å²) >= 11 is 0. The molecule has 8 N–H and O–H groups in total. The maximum atomic E-state index is 14.2. The van der Waals surface area contributed by atoms with Gasteiger partial charge < -0.3 is 50.4 Å². The Kier molecular flexibility index (Phi) is 9.74. The Balaban J connectivity index is 1.66. The number of methoxy groups -OCH3 is 1. The van der Waals surface area contributed by atoms with Crippen molar-refractivity contribution in [1.29, 1.82) is 0 Å². The van der Waals surface area contributed by atoms with E-state index in [2.05, 4.69) is 5.32 Å². The Morgan fingerprint density at radius 2 is 1.69 bits per heavy atom. The van der Waals surface area contributed by atoms with Crippen LogP contribution in [0.1, 0.15) is 36.3 Å². The van der Waals surface area contributed by atoms with Crippen molar-refractivity contribution in [1.82, 2.24) is 4.90 Å². The third-order valence-electron chi connectivity index (χ3n) is 9.33. The smallest absolute Gasteiger partial charge is 0.357 e. The molecule has 0 saturated heterocycles. The number of nitrogens with two attached hydrogens (primary N) is 1. The topological polar surface area (TPSA) is 238 Å². The van der Waals surface area contributed by atoms with Crippen LogP contribution in [0.3, 0.4) is 0 Å². The number of rotatable bonds is 11. The molecule has 0 spiro atoms. The van der Waals surface area contributed by atoms with Gasteiger partial charge in [0, 0.05) is 11.5 Å². The second-order valence-electron chi connectivity index (χ2n) is 12.2. The number of nitrogens with zero attached hydrogens (tertiary/aromatic N) is 1. The molecule has 15 nitrogen and oxygen atoms in total. The molecule has 0 heterocycles. The number of amides is 1. The Hall–Kier alpha value is -4.24. The fourth-order valence-corrected chi connectivity index (χ4v) is 9.10. The predicted octanol–water partition coefficient (Wildman–Crippen LogP) is 2.32. The zero-order valence-electron chi connectivity index (χ0n) is 27.5. The van der Waals surface area contributed by atoms with Gasteiger partial charge in [-0.2, -0.15) is 0 Å². The van der Waals surface area contributed by atoms with E-state index in [1.807, 2.05) is 0 Å². The first-order chi connectivity index (χ1) is 23.1. The van der Waals surface area contributed by atoms with E-state index in [9.17, 15) is 44.5 Å². The summed E-state index contributed by atoms with van der Waals surface area (Å²) in [5.74, 6) is -9.86. The number of ketones is 2. The van der Waals surface area contributed by atoms with Crippen LogP contribution < -0.4 is 15.8 Å². The molecule has 1 fully saturated rings. The standard InChI is InChI=1S/C33H40N3O12P/c1-6-47-49(45,48-7-2)32(15-8-11-17(46-5)12-9-15)35-19-13-10-16-14-18-21(27(39)20(16)26(19)38)29(41)33(44)23(25(18)37)24(36(3)4)28(40)22(30(33)42)31(34)43/h8-13,18,23-25,32,35,37-39,42,44H,6-7,14H2,1-5H3,(H2,34,43)/t18-,23+,24-,25-,32?,33+/m1/s1. The molecule has 5 rings (SSSR count). The molecule has 0 bridgehead atoms. The number of hydrogen-bond acceptors (Lipinski definition) is 14. The fraction of sp³-hybridized carbons (Fsp3) is 0.424. The van der Waals surface area contributed by atoms with E-state index in [0.717, 1.165) is 0 Å². The van der Waals surface area contributed by atoms with Crippen molar-refractivity contribution in [2.45, 2.75) is 43.8 Å². The van der Waals surface area contributed by atoms with Gasteiger partial charge in [-0.05, 0) is 63.7 Å². The molecular formula is C33H40N3O12P. The molecule has 264 valence electrons. The summed E-state index contributed by atoms with van der Waals surface area (Å²) in [5.41, 5.74) is 1.27. The minimum absolute atomic E-state index is 0.0312. The lowest BCUT2D eigenvalue weighted by atomic mass is 9.56. The summed E-state index contributed by atoms with van der Waals surface area (Å²) in [4.78, 5) is 41.0. The lowest BCUT2D eigenvalue weighted by Crippen LogP contribution is -2.70. The van der Waals surface area contributed by atoms with E-state index >= 15 is 0 Å². The first kappa shape index (κ1) is 36.1. The SMILES string of the molecule is CCOP(=O)(OCC)C(Nc1ccc2c(c1O)C(O)=C1C(=O)[C@]3(O)C(O)=C(C(N)=O)C(=O)[C@H](N(C)C)[C@H]3[C@H](O)[C@@H]1C2)c1ccc(OC)cc1. The molecule has 1 unspecified atom stereocenters. The third kappa shape index (κ3) is 5.60. The van der Waals surface area contributed by atoms with Crippen LogP contribution in [0.4, 0.5) is 5.69 Å². The fourth-order valence-electron chi connectivity index (χ4n) is 7.17. The van der Waals surface area contributed by atoms with Gasteiger partial charge in [-0.3, -0.25) is 23.8 Å². The third-order valence-corrected chi connectivity index (χ3v) is 11.6. The van der Waals surface area contributed by atoms with Gasteiger partial charge in [-0.25, -0.2) is 0 Å². The number of phenolic OH excluding ortho intramolecular Hbond substituents is 1. The highest BCUT2D eigenvalue weighted by Crippen LogP contribution is 2.62. The van der Waals surface area contributed by atoms with E-state index in [4.69, 9.17) is 19.5 Å². The first-order valence-corrected chi connectivity index (χ1v) is 17.2. The summed E-state index contributed by atoms with van der Waals surface area (Å²) in [6.07, 6.45) is -1.84. The maximum absolute atomic E-state index is 14.2. The van der Waals surface area contributed by atoms with Crippen LogP contribution >= 0.6 is 7.60 Å².